The first kappa shape index (κ1) is 101. The highest BCUT2D eigenvalue weighted by atomic mass is 16.5. The molecule has 0 bridgehead atoms. The van der Waals surface area contributed by atoms with E-state index < -0.39 is 0 Å². The van der Waals surface area contributed by atoms with Gasteiger partial charge in [-0.3, -0.25) is 0 Å². The Morgan fingerprint density at radius 2 is 0.467 bits per heavy atom. The van der Waals surface area contributed by atoms with Crippen LogP contribution in [-0.2, 0) is 28.0 Å². The van der Waals surface area contributed by atoms with Gasteiger partial charge in [0.15, 0.2) is 0 Å². The second kappa shape index (κ2) is 71.6. The summed E-state index contributed by atoms with van der Waals surface area (Å²) in [7, 11) is 0. The molecular formula is C101H192N2O4+2. The summed E-state index contributed by atoms with van der Waals surface area (Å²) in [5.74, 6) is 2.18. The quantitative estimate of drug-likeness (QED) is 0.0489. The lowest BCUT2D eigenvalue weighted by molar-refractivity contribution is -0.962. The van der Waals surface area contributed by atoms with Gasteiger partial charge in [0.25, 0.3) is 0 Å². The van der Waals surface area contributed by atoms with E-state index in [1.54, 1.807) is 0 Å². The Kier molecular flexibility index (Phi) is 67.6. The van der Waals surface area contributed by atoms with Crippen molar-refractivity contribution in [3.05, 3.63) is 58.7 Å². The van der Waals surface area contributed by atoms with Gasteiger partial charge >= 0.3 is 0 Å². The summed E-state index contributed by atoms with van der Waals surface area (Å²) in [5, 5.41) is 0. The van der Waals surface area contributed by atoms with Gasteiger partial charge in [-0.1, -0.05) is 390 Å². The molecule has 0 radical (unpaired) electrons. The summed E-state index contributed by atoms with van der Waals surface area (Å²) in [6.07, 6.45) is 84.6. The van der Waals surface area contributed by atoms with Crippen molar-refractivity contribution >= 4 is 0 Å². The Labute approximate surface area is 671 Å². The molecule has 0 aromatic heterocycles. The fourth-order valence-electron chi connectivity index (χ4n) is 17.5. The van der Waals surface area contributed by atoms with Crippen LogP contribution >= 0.6 is 0 Å². The minimum Gasteiger partial charge on any atom is -0.491 e. The molecule has 0 aliphatic rings. The predicted molar refractivity (Wildman–Crippen MR) is 476 cm³/mol. The van der Waals surface area contributed by atoms with E-state index in [1.807, 2.05) is 0 Å². The van der Waals surface area contributed by atoms with Crippen molar-refractivity contribution in [1.29, 1.82) is 0 Å². The molecule has 2 aromatic rings. The SMILES string of the molecule is CCCCCCCCCCCC[N+](CCCCCCCCCCCC)(Cc1cc(C(C)(C)c2ccc(OCCOCCCC)c(C[N+](CCCCCCCCCCCC)(CCCCCCCCCCCC)C(C)CCCCCCCCCC)c2)ccc1OCCOCCCC)C(C)CCCCCCCCCC. The normalized spacial score (nSPS) is 12.8. The summed E-state index contributed by atoms with van der Waals surface area (Å²) in [6, 6.07) is 16.3. The zero-order valence-corrected chi connectivity index (χ0v) is 75.0. The minimum atomic E-state index is -0.274. The number of rotatable bonds is 84. The lowest BCUT2D eigenvalue weighted by atomic mass is 9.77. The third kappa shape index (κ3) is 50.7. The standard InChI is InChI=1S/C101H192N2O4/c1-13-21-29-35-41-47-51-57-63-69-79-102(80-70-64-58-52-48-42-36-30-22-14-2,93(9)73-67-61-55-45-39-33-25-17-5)91-95-89-97(75-77-99(95)106-87-85-104-83-27-19-7)101(11,12)98-76-78-100(107-88-86-105-84-28-20-8)96(90-98)92-103(81-71-65-59-53-49-43-37-31-23-15-3,82-72-66-60-54-50-44-38-32-24-16-4)94(10)74-68-62-56-46-40-34-26-18-6/h75-78,89-90,93-94H,13-74,79-88,91-92H2,1-12H3/q+2. The molecule has 6 heteroatoms. The number of nitrogens with zero attached hydrogens (tertiary/aromatic N) is 2. The van der Waals surface area contributed by atoms with Gasteiger partial charge in [0.05, 0.1) is 51.5 Å². The molecule has 0 spiro atoms. The van der Waals surface area contributed by atoms with Gasteiger partial charge < -0.3 is 27.9 Å². The fraction of sp³-hybridized carbons (Fsp3) is 0.881. The molecule has 2 rings (SSSR count). The van der Waals surface area contributed by atoms with E-state index in [0.717, 1.165) is 63.5 Å². The Bertz CT molecular complexity index is 1990. The van der Waals surface area contributed by atoms with E-state index >= 15 is 0 Å². The second-order valence-electron chi connectivity index (χ2n) is 35.5. The molecule has 2 atom stereocenters. The van der Waals surface area contributed by atoms with Crippen LogP contribution in [0.25, 0.3) is 0 Å². The largest absolute Gasteiger partial charge is 0.491 e. The van der Waals surface area contributed by atoms with Crippen molar-refractivity contribution in [2.24, 2.45) is 0 Å². The third-order valence-electron chi connectivity index (χ3n) is 25.4. The lowest BCUT2D eigenvalue weighted by Crippen LogP contribution is -2.55. The first-order chi connectivity index (χ1) is 52.5. The summed E-state index contributed by atoms with van der Waals surface area (Å²) in [5.41, 5.74) is 5.40. The average Bonchev–Trinajstić information content (AvgIpc) is 0.776. The molecule has 0 saturated carbocycles. The van der Waals surface area contributed by atoms with Crippen LogP contribution in [-0.4, -0.2) is 86.9 Å². The molecule has 0 saturated heterocycles. The van der Waals surface area contributed by atoms with Gasteiger partial charge in [0, 0.05) is 29.8 Å². The van der Waals surface area contributed by atoms with E-state index in [4.69, 9.17) is 18.9 Å². The maximum atomic E-state index is 7.11. The first-order valence-corrected chi connectivity index (χ1v) is 48.9. The van der Waals surface area contributed by atoms with Gasteiger partial charge in [-0.05, 0) is 139 Å². The monoisotopic (exact) mass is 1500 g/mol. The number of hydrogen-bond donors (Lipinski definition) is 0. The molecule has 107 heavy (non-hydrogen) atoms. The Balaban J connectivity index is 2.97. The molecule has 6 nitrogen and oxygen atoms in total. The lowest BCUT2D eigenvalue weighted by Gasteiger charge is -2.45. The zero-order chi connectivity index (χ0) is 77.5. The van der Waals surface area contributed by atoms with Gasteiger partial charge in [0.1, 0.15) is 37.8 Å². The number of benzene rings is 2. The van der Waals surface area contributed by atoms with Crippen LogP contribution in [0.5, 0.6) is 11.5 Å². The molecule has 628 valence electrons. The number of ether oxygens (including phenoxy) is 4. The molecule has 0 amide bonds. The van der Waals surface area contributed by atoms with E-state index in [0.29, 0.717) is 38.5 Å². The van der Waals surface area contributed by atoms with Crippen molar-refractivity contribution in [2.75, 3.05) is 65.8 Å². The number of unbranched alkanes of at least 4 members (excludes halogenated alkanes) is 52. The molecule has 0 fully saturated rings. The molecule has 0 N–H and O–H groups in total. The van der Waals surface area contributed by atoms with Crippen LogP contribution in [0, 0.1) is 0 Å². The van der Waals surface area contributed by atoms with Crippen molar-refractivity contribution < 1.29 is 27.9 Å². The molecule has 0 aliphatic carbocycles. The summed E-state index contributed by atoms with van der Waals surface area (Å²) in [4.78, 5) is 0. The maximum absolute atomic E-state index is 7.11. The summed E-state index contributed by atoms with van der Waals surface area (Å²) >= 11 is 0. The molecule has 0 aliphatic heterocycles. The van der Waals surface area contributed by atoms with Crippen LogP contribution in [0.4, 0.5) is 0 Å². The van der Waals surface area contributed by atoms with Crippen LogP contribution in [0.2, 0.25) is 0 Å². The van der Waals surface area contributed by atoms with Crippen LogP contribution in [0.1, 0.15) is 503 Å². The zero-order valence-electron chi connectivity index (χ0n) is 75.0. The first-order valence-electron chi connectivity index (χ1n) is 48.9. The molecular weight excluding hydrogens is 1310 g/mol. The minimum absolute atomic E-state index is 0.274. The van der Waals surface area contributed by atoms with Gasteiger partial charge in [0.2, 0.25) is 0 Å². The van der Waals surface area contributed by atoms with Gasteiger partial charge in [-0.25, -0.2) is 0 Å². The predicted octanol–water partition coefficient (Wildman–Crippen LogP) is 32.6. The summed E-state index contributed by atoms with van der Waals surface area (Å²) < 4.78 is 29.1. The van der Waals surface area contributed by atoms with Crippen LogP contribution < -0.4 is 9.47 Å². The van der Waals surface area contributed by atoms with Crippen molar-refractivity contribution in [2.45, 2.75) is 512 Å². The van der Waals surface area contributed by atoms with Crippen LogP contribution in [0.3, 0.4) is 0 Å². The highest BCUT2D eigenvalue weighted by molar-refractivity contribution is 5.47. The van der Waals surface area contributed by atoms with Crippen molar-refractivity contribution in [3.8, 4) is 11.5 Å². The highest BCUT2D eigenvalue weighted by Gasteiger charge is 2.38. The van der Waals surface area contributed by atoms with Crippen LogP contribution in [0.15, 0.2) is 36.4 Å². The Morgan fingerprint density at radius 3 is 0.701 bits per heavy atom. The molecule has 0 heterocycles. The smallest absolute Gasteiger partial charge is 0.128 e. The van der Waals surface area contributed by atoms with Gasteiger partial charge in [-0.15, -0.1) is 0 Å². The summed E-state index contributed by atoms with van der Waals surface area (Å²) in [6.45, 7) is 40.4. The van der Waals surface area contributed by atoms with Crippen molar-refractivity contribution in [1.82, 2.24) is 0 Å². The average molecular weight is 1500 g/mol. The number of hydrogen-bond acceptors (Lipinski definition) is 4. The highest BCUT2D eigenvalue weighted by Crippen LogP contribution is 2.41. The van der Waals surface area contributed by atoms with E-state index in [-0.39, 0.29) is 5.41 Å². The Morgan fingerprint density at radius 1 is 0.252 bits per heavy atom. The maximum Gasteiger partial charge on any atom is 0.128 e. The van der Waals surface area contributed by atoms with E-state index in [2.05, 4.69) is 119 Å². The topological polar surface area (TPSA) is 36.9 Å². The number of quaternary nitrogens is 2. The Hall–Kier alpha value is -2.12. The third-order valence-corrected chi connectivity index (χ3v) is 25.4. The van der Waals surface area contributed by atoms with Crippen molar-refractivity contribution in [3.63, 3.8) is 0 Å². The van der Waals surface area contributed by atoms with E-state index in [1.165, 1.54) is 430 Å². The van der Waals surface area contributed by atoms with Gasteiger partial charge in [-0.2, -0.15) is 0 Å². The second-order valence-corrected chi connectivity index (χ2v) is 35.5. The molecule has 2 aromatic carbocycles. The fourth-order valence-corrected chi connectivity index (χ4v) is 17.5. The molecule has 2 unspecified atom stereocenters. The van der Waals surface area contributed by atoms with E-state index in [9.17, 15) is 0 Å².